The Bertz CT molecular complexity index is 529. The molecule has 0 aliphatic heterocycles. The van der Waals surface area contributed by atoms with Gasteiger partial charge in [0.05, 0.1) is 0 Å². The summed E-state index contributed by atoms with van der Waals surface area (Å²) in [6, 6.07) is 7.73. The van der Waals surface area contributed by atoms with Gasteiger partial charge in [0, 0.05) is 6.42 Å². The van der Waals surface area contributed by atoms with E-state index in [1.54, 1.807) is 24.3 Å². The van der Waals surface area contributed by atoms with Crippen molar-refractivity contribution in [3.63, 3.8) is 0 Å². The van der Waals surface area contributed by atoms with E-state index in [4.69, 9.17) is 39.5 Å². The van der Waals surface area contributed by atoms with Gasteiger partial charge in [-0.2, -0.15) is 0 Å². The van der Waals surface area contributed by atoms with Crippen LogP contribution in [0.2, 0.25) is 0 Å². The number of nitrogens with one attached hydrogen (secondary N) is 1. The van der Waals surface area contributed by atoms with Crippen molar-refractivity contribution in [2.24, 2.45) is 0 Å². The monoisotopic (exact) mass is 367 g/mol. The van der Waals surface area contributed by atoms with Crippen molar-refractivity contribution in [2.75, 3.05) is 0 Å². The Morgan fingerprint density at radius 1 is 1.23 bits per heavy atom. The van der Waals surface area contributed by atoms with Crippen LogP contribution in [-0.4, -0.2) is 32.6 Å². The average Bonchev–Trinajstić information content (AvgIpc) is 2.37. The minimum atomic E-state index is -1.84. The molecule has 0 aliphatic rings. The molecule has 0 saturated heterocycles. The Hall–Kier alpha value is -1.17. The highest BCUT2D eigenvalue weighted by Crippen LogP contribution is 2.40. The standard InChI is InChI=1S/C14H16Cl3NO4/c1-13(2,14(15,16)17)22-12(21)18-10(11(19)20)8-9-6-4-3-5-7-9/h3-7,10H,8H2,1-2H3,(H,18,21)(H,19,20). The second kappa shape index (κ2) is 7.40. The maximum atomic E-state index is 11.8. The van der Waals surface area contributed by atoms with Crippen LogP contribution in [0.15, 0.2) is 30.3 Å². The van der Waals surface area contributed by atoms with Gasteiger partial charge in [-0.15, -0.1) is 0 Å². The quantitative estimate of drug-likeness (QED) is 0.779. The predicted molar refractivity (Wildman–Crippen MR) is 85.6 cm³/mol. The molecule has 1 rings (SSSR count). The molecule has 1 aromatic rings. The smallest absolute Gasteiger partial charge is 0.408 e. The zero-order valence-electron chi connectivity index (χ0n) is 12.0. The molecule has 2 N–H and O–H groups in total. The lowest BCUT2D eigenvalue weighted by molar-refractivity contribution is -0.139. The second-order valence-electron chi connectivity index (χ2n) is 5.12. The Labute approximate surface area is 143 Å². The number of halogens is 3. The molecular formula is C14H16Cl3NO4. The highest BCUT2D eigenvalue weighted by Gasteiger charge is 2.44. The third kappa shape index (κ3) is 5.55. The number of rotatable bonds is 5. The fraction of sp³-hybridized carbons (Fsp3) is 0.429. The molecule has 0 aliphatic carbocycles. The number of carboxylic acid groups (broad SMARTS) is 1. The van der Waals surface area contributed by atoms with Gasteiger partial charge in [0.2, 0.25) is 3.79 Å². The van der Waals surface area contributed by atoms with E-state index in [0.29, 0.717) is 0 Å². The van der Waals surface area contributed by atoms with Crippen molar-refractivity contribution in [2.45, 2.75) is 35.7 Å². The topological polar surface area (TPSA) is 75.6 Å². The molecule has 1 aromatic carbocycles. The van der Waals surface area contributed by atoms with Crippen LogP contribution in [0.1, 0.15) is 19.4 Å². The first-order valence-corrected chi connectivity index (χ1v) is 7.49. The van der Waals surface area contributed by atoms with E-state index in [2.05, 4.69) is 5.32 Å². The van der Waals surface area contributed by atoms with Gasteiger partial charge in [-0.3, -0.25) is 0 Å². The summed E-state index contributed by atoms with van der Waals surface area (Å²) >= 11 is 17.1. The van der Waals surface area contributed by atoms with Gasteiger partial charge in [-0.25, -0.2) is 9.59 Å². The number of aliphatic carboxylic acids is 1. The van der Waals surface area contributed by atoms with E-state index in [9.17, 15) is 14.7 Å². The number of hydrogen-bond donors (Lipinski definition) is 2. The molecule has 0 bridgehead atoms. The van der Waals surface area contributed by atoms with Crippen LogP contribution in [0.25, 0.3) is 0 Å². The molecule has 122 valence electrons. The molecule has 5 nitrogen and oxygen atoms in total. The van der Waals surface area contributed by atoms with Crippen molar-refractivity contribution in [1.29, 1.82) is 0 Å². The average molecular weight is 369 g/mol. The van der Waals surface area contributed by atoms with Gasteiger partial charge >= 0.3 is 12.1 Å². The molecule has 0 fully saturated rings. The summed E-state index contributed by atoms with van der Waals surface area (Å²) in [5, 5.41) is 11.4. The summed E-state index contributed by atoms with van der Waals surface area (Å²) in [5.41, 5.74) is -0.659. The summed E-state index contributed by atoms with van der Waals surface area (Å²) in [4.78, 5) is 23.1. The lowest BCUT2D eigenvalue weighted by Gasteiger charge is -2.32. The molecule has 22 heavy (non-hydrogen) atoms. The fourth-order valence-corrected chi connectivity index (χ4v) is 1.63. The van der Waals surface area contributed by atoms with Crippen LogP contribution in [-0.2, 0) is 16.0 Å². The van der Waals surface area contributed by atoms with Gasteiger partial charge in [-0.05, 0) is 19.4 Å². The number of alkyl halides is 3. The van der Waals surface area contributed by atoms with Crippen LogP contribution in [0.5, 0.6) is 0 Å². The van der Waals surface area contributed by atoms with Crippen LogP contribution < -0.4 is 5.32 Å². The van der Waals surface area contributed by atoms with E-state index in [1.165, 1.54) is 13.8 Å². The van der Waals surface area contributed by atoms with Gasteiger partial charge in [-0.1, -0.05) is 65.1 Å². The molecular weight excluding hydrogens is 353 g/mol. The molecule has 0 radical (unpaired) electrons. The van der Waals surface area contributed by atoms with E-state index in [-0.39, 0.29) is 6.42 Å². The van der Waals surface area contributed by atoms with Gasteiger partial charge in [0.15, 0.2) is 5.60 Å². The van der Waals surface area contributed by atoms with Crippen molar-refractivity contribution in [1.82, 2.24) is 5.32 Å². The van der Waals surface area contributed by atoms with E-state index < -0.39 is 27.5 Å². The van der Waals surface area contributed by atoms with E-state index in [1.807, 2.05) is 6.07 Å². The Morgan fingerprint density at radius 2 is 1.77 bits per heavy atom. The van der Waals surface area contributed by atoms with Crippen LogP contribution >= 0.6 is 34.8 Å². The number of ether oxygens (including phenoxy) is 1. The fourth-order valence-electron chi connectivity index (χ4n) is 1.51. The number of alkyl carbamates (subject to hydrolysis) is 1. The van der Waals surface area contributed by atoms with E-state index in [0.717, 1.165) is 5.56 Å². The van der Waals surface area contributed by atoms with Crippen molar-refractivity contribution in [3.05, 3.63) is 35.9 Å². The number of carbonyl (C=O) groups is 2. The maximum absolute atomic E-state index is 11.8. The van der Waals surface area contributed by atoms with Gasteiger partial charge in [0.25, 0.3) is 0 Å². The van der Waals surface area contributed by atoms with Crippen molar-refractivity contribution < 1.29 is 19.4 Å². The number of hydrogen-bond acceptors (Lipinski definition) is 3. The number of benzene rings is 1. The van der Waals surface area contributed by atoms with Crippen LogP contribution in [0.4, 0.5) is 4.79 Å². The summed E-state index contributed by atoms with van der Waals surface area (Å²) in [6.45, 7) is 2.82. The maximum Gasteiger partial charge on any atom is 0.408 e. The normalized spacial score (nSPS) is 13.3. The summed E-state index contributed by atoms with van der Waals surface area (Å²) in [5.74, 6) is -1.19. The predicted octanol–water partition coefficient (Wildman–Crippen LogP) is 3.56. The number of carboxylic acids is 1. The zero-order chi connectivity index (χ0) is 17.0. The highest BCUT2D eigenvalue weighted by atomic mass is 35.6. The number of amides is 1. The molecule has 0 aromatic heterocycles. The Balaban J connectivity index is 2.72. The van der Waals surface area contributed by atoms with Gasteiger partial charge < -0.3 is 15.2 Å². The lowest BCUT2D eigenvalue weighted by atomic mass is 10.1. The lowest BCUT2D eigenvalue weighted by Crippen LogP contribution is -2.48. The molecule has 8 heteroatoms. The highest BCUT2D eigenvalue weighted by molar-refractivity contribution is 6.68. The van der Waals surface area contributed by atoms with Crippen molar-refractivity contribution >= 4 is 46.9 Å². The summed E-state index contributed by atoms with van der Waals surface area (Å²) < 4.78 is 3.17. The second-order valence-corrected chi connectivity index (χ2v) is 7.40. The first kappa shape index (κ1) is 18.9. The number of carbonyl (C=O) groups excluding carboxylic acids is 1. The van der Waals surface area contributed by atoms with Crippen LogP contribution in [0.3, 0.4) is 0 Å². The molecule has 1 unspecified atom stereocenters. The molecule has 0 heterocycles. The molecule has 1 amide bonds. The zero-order valence-corrected chi connectivity index (χ0v) is 14.2. The van der Waals surface area contributed by atoms with Gasteiger partial charge in [0.1, 0.15) is 6.04 Å². The third-order valence-electron chi connectivity index (χ3n) is 2.90. The Kier molecular flexibility index (Phi) is 6.35. The first-order chi connectivity index (χ1) is 10.0. The molecule has 0 spiro atoms. The van der Waals surface area contributed by atoms with E-state index >= 15 is 0 Å². The SMILES string of the molecule is CC(C)(OC(=O)NC(Cc1ccccc1)C(=O)O)C(Cl)(Cl)Cl. The molecule has 0 saturated carbocycles. The Morgan fingerprint density at radius 3 is 2.23 bits per heavy atom. The van der Waals surface area contributed by atoms with Crippen LogP contribution in [0, 0.1) is 0 Å². The summed E-state index contributed by atoms with van der Waals surface area (Å²) in [6.07, 6.45) is -0.862. The molecule has 1 atom stereocenters. The van der Waals surface area contributed by atoms with Crippen molar-refractivity contribution in [3.8, 4) is 0 Å². The summed E-state index contributed by atoms with van der Waals surface area (Å²) in [7, 11) is 0. The third-order valence-corrected chi connectivity index (χ3v) is 4.27. The first-order valence-electron chi connectivity index (χ1n) is 6.36. The minimum Gasteiger partial charge on any atom is -0.480 e. The largest absolute Gasteiger partial charge is 0.480 e. The minimum absolute atomic E-state index is 0.111.